The van der Waals surface area contributed by atoms with Crippen molar-refractivity contribution in [2.75, 3.05) is 6.61 Å². The van der Waals surface area contributed by atoms with E-state index in [0.717, 1.165) is 0 Å². The Bertz CT molecular complexity index is 751. The van der Waals surface area contributed by atoms with E-state index < -0.39 is 4.92 Å². The minimum Gasteiger partial charge on any atom is -0.466 e. The van der Waals surface area contributed by atoms with Crippen LogP contribution in [0, 0.1) is 10.1 Å². The number of rotatable bonds is 9. The number of carbonyl (C=O) groups excluding carboxylic acids is 1. The second-order valence-electron chi connectivity index (χ2n) is 5.55. The van der Waals surface area contributed by atoms with Crippen molar-refractivity contribution in [3.63, 3.8) is 0 Å². The molecule has 138 valence electrons. The summed E-state index contributed by atoms with van der Waals surface area (Å²) >= 11 is 1.35. The van der Waals surface area contributed by atoms with Crippen molar-refractivity contribution in [1.82, 2.24) is 0 Å². The summed E-state index contributed by atoms with van der Waals surface area (Å²) in [6.07, 6.45) is 0.862. The number of nitrogens with zero attached hydrogens (tertiary/aromatic N) is 1. The normalized spacial score (nSPS) is 11.6. The third kappa shape index (κ3) is 5.77. The van der Waals surface area contributed by atoms with Gasteiger partial charge in [-0.2, -0.15) is 0 Å². The Morgan fingerprint density at radius 3 is 2.58 bits per heavy atom. The monoisotopic (exact) mass is 375 g/mol. The maximum Gasteiger partial charge on any atom is 0.324 e. The van der Waals surface area contributed by atoms with Gasteiger partial charge in [0, 0.05) is 11.7 Å². The van der Waals surface area contributed by atoms with Gasteiger partial charge in [0.05, 0.1) is 16.4 Å². The molecule has 2 aromatic carbocycles. The summed E-state index contributed by atoms with van der Waals surface area (Å²) in [5.41, 5.74) is -0.0654. The minimum atomic E-state index is -0.432. The van der Waals surface area contributed by atoms with Crippen molar-refractivity contribution in [2.24, 2.45) is 0 Å². The molecule has 0 unspecified atom stereocenters. The van der Waals surface area contributed by atoms with E-state index in [1.807, 2.05) is 13.0 Å². The molecule has 0 radical (unpaired) electrons. The number of nitro benzene ring substituents is 1. The zero-order valence-corrected chi connectivity index (χ0v) is 15.5. The lowest BCUT2D eigenvalue weighted by molar-refractivity contribution is -0.388. The molecule has 0 bridgehead atoms. The molecule has 7 heteroatoms. The summed E-state index contributed by atoms with van der Waals surface area (Å²) < 4.78 is 10.6. The second kappa shape index (κ2) is 9.82. The van der Waals surface area contributed by atoms with Crippen LogP contribution in [0.5, 0.6) is 11.5 Å². The first-order valence-corrected chi connectivity index (χ1v) is 9.21. The fourth-order valence-electron chi connectivity index (χ4n) is 2.31. The van der Waals surface area contributed by atoms with Crippen molar-refractivity contribution >= 4 is 23.4 Å². The standard InChI is InChI=1S/C19H21NO5S/c1-3-24-18(21)13-12-14(2)26-17-11-7-10-16(19(17)20(22)23)25-15-8-5-4-6-9-15/h4-11,14H,3,12-13H2,1-2H3/t14-/m0/s1. The van der Waals surface area contributed by atoms with Crippen molar-refractivity contribution in [3.05, 3.63) is 58.6 Å². The van der Waals surface area contributed by atoms with E-state index in [1.165, 1.54) is 11.8 Å². The number of ether oxygens (including phenoxy) is 2. The van der Waals surface area contributed by atoms with Crippen LogP contribution < -0.4 is 4.74 Å². The molecule has 0 N–H and O–H groups in total. The van der Waals surface area contributed by atoms with E-state index >= 15 is 0 Å². The largest absolute Gasteiger partial charge is 0.466 e. The zero-order chi connectivity index (χ0) is 18.9. The molecule has 0 aliphatic carbocycles. The predicted molar refractivity (Wildman–Crippen MR) is 101 cm³/mol. The lowest BCUT2D eigenvalue weighted by Crippen LogP contribution is -2.07. The van der Waals surface area contributed by atoms with Crippen LogP contribution in [0.15, 0.2) is 53.4 Å². The van der Waals surface area contributed by atoms with E-state index in [4.69, 9.17) is 9.47 Å². The highest BCUT2D eigenvalue weighted by atomic mass is 32.2. The summed E-state index contributed by atoms with van der Waals surface area (Å²) in [6, 6.07) is 13.9. The van der Waals surface area contributed by atoms with Crippen LogP contribution in [-0.2, 0) is 9.53 Å². The van der Waals surface area contributed by atoms with Crippen LogP contribution in [0.3, 0.4) is 0 Å². The van der Waals surface area contributed by atoms with Gasteiger partial charge in [0.25, 0.3) is 0 Å². The molecule has 2 aromatic rings. The van der Waals surface area contributed by atoms with Crippen LogP contribution in [-0.4, -0.2) is 22.7 Å². The minimum absolute atomic E-state index is 0.0186. The van der Waals surface area contributed by atoms with Gasteiger partial charge in [-0.05, 0) is 37.6 Å². The SMILES string of the molecule is CCOC(=O)CC[C@H](C)Sc1cccc(Oc2ccccc2)c1[N+](=O)[O-]. The summed E-state index contributed by atoms with van der Waals surface area (Å²) in [4.78, 5) is 23.2. The number of hydrogen-bond acceptors (Lipinski definition) is 6. The fourth-order valence-corrected chi connectivity index (χ4v) is 3.42. The van der Waals surface area contributed by atoms with Crippen LogP contribution in [0.4, 0.5) is 5.69 Å². The van der Waals surface area contributed by atoms with Gasteiger partial charge >= 0.3 is 11.7 Å². The lowest BCUT2D eigenvalue weighted by atomic mass is 10.2. The first kappa shape index (κ1) is 19.8. The number of nitro groups is 1. The second-order valence-corrected chi connectivity index (χ2v) is 7.03. The van der Waals surface area contributed by atoms with Gasteiger partial charge in [0.2, 0.25) is 5.75 Å². The van der Waals surface area contributed by atoms with E-state index in [9.17, 15) is 14.9 Å². The molecule has 0 saturated heterocycles. The molecular formula is C19H21NO5S. The van der Waals surface area contributed by atoms with E-state index in [-0.39, 0.29) is 29.1 Å². The first-order chi connectivity index (χ1) is 12.5. The Kier molecular flexibility index (Phi) is 7.47. The Hall–Kier alpha value is -2.54. The number of para-hydroxylation sites is 2. The molecular weight excluding hydrogens is 354 g/mol. The maximum atomic E-state index is 11.6. The van der Waals surface area contributed by atoms with Gasteiger partial charge in [0.15, 0.2) is 0 Å². The number of benzene rings is 2. The fraction of sp³-hybridized carbons (Fsp3) is 0.316. The molecule has 0 saturated carbocycles. The van der Waals surface area contributed by atoms with Gasteiger partial charge in [0.1, 0.15) is 5.75 Å². The zero-order valence-electron chi connectivity index (χ0n) is 14.7. The average Bonchev–Trinajstić information content (AvgIpc) is 2.61. The topological polar surface area (TPSA) is 78.7 Å². The number of carbonyl (C=O) groups is 1. The lowest BCUT2D eigenvalue weighted by Gasteiger charge is -2.13. The predicted octanol–water partition coefficient (Wildman–Crippen LogP) is 5.21. The molecule has 0 aliphatic rings. The van der Waals surface area contributed by atoms with Gasteiger partial charge in [-0.1, -0.05) is 31.2 Å². The van der Waals surface area contributed by atoms with E-state index in [0.29, 0.717) is 23.7 Å². The summed E-state index contributed by atoms with van der Waals surface area (Å²) in [5, 5.41) is 11.6. The van der Waals surface area contributed by atoms with Crippen LogP contribution in [0.2, 0.25) is 0 Å². The summed E-state index contributed by atoms with van der Waals surface area (Å²) in [7, 11) is 0. The highest BCUT2D eigenvalue weighted by Gasteiger charge is 2.23. The molecule has 0 amide bonds. The molecule has 1 atom stereocenters. The van der Waals surface area contributed by atoms with Crippen LogP contribution >= 0.6 is 11.8 Å². The molecule has 2 rings (SSSR count). The maximum absolute atomic E-state index is 11.6. The number of thioether (sulfide) groups is 1. The number of hydrogen-bond donors (Lipinski definition) is 0. The molecule has 0 heterocycles. The smallest absolute Gasteiger partial charge is 0.324 e. The molecule has 0 spiro atoms. The van der Waals surface area contributed by atoms with Crippen LogP contribution in [0.25, 0.3) is 0 Å². The summed E-state index contributed by atoms with van der Waals surface area (Å²) in [5.74, 6) is 0.479. The van der Waals surface area contributed by atoms with Crippen molar-refractivity contribution in [2.45, 2.75) is 36.8 Å². The number of esters is 1. The highest BCUT2D eigenvalue weighted by molar-refractivity contribution is 8.00. The quantitative estimate of drug-likeness (QED) is 0.259. The van der Waals surface area contributed by atoms with E-state index in [2.05, 4.69) is 0 Å². The van der Waals surface area contributed by atoms with Gasteiger partial charge in [-0.25, -0.2) is 0 Å². The van der Waals surface area contributed by atoms with Crippen molar-refractivity contribution in [3.8, 4) is 11.5 Å². The first-order valence-electron chi connectivity index (χ1n) is 8.33. The van der Waals surface area contributed by atoms with E-state index in [1.54, 1.807) is 49.4 Å². The Balaban J connectivity index is 2.14. The molecule has 0 aromatic heterocycles. The molecule has 0 aliphatic heterocycles. The van der Waals surface area contributed by atoms with Gasteiger partial charge < -0.3 is 9.47 Å². The van der Waals surface area contributed by atoms with Crippen molar-refractivity contribution < 1.29 is 19.2 Å². The third-order valence-corrected chi connectivity index (χ3v) is 4.73. The summed E-state index contributed by atoms with van der Waals surface area (Å²) in [6.45, 7) is 4.04. The molecule has 0 fully saturated rings. The van der Waals surface area contributed by atoms with Crippen molar-refractivity contribution in [1.29, 1.82) is 0 Å². The van der Waals surface area contributed by atoms with Gasteiger partial charge in [-0.15, -0.1) is 11.8 Å². The van der Waals surface area contributed by atoms with Gasteiger partial charge in [-0.3, -0.25) is 14.9 Å². The Labute approximate surface area is 156 Å². The third-order valence-electron chi connectivity index (χ3n) is 3.50. The Morgan fingerprint density at radius 1 is 1.19 bits per heavy atom. The molecule has 6 nitrogen and oxygen atoms in total. The van der Waals surface area contributed by atoms with Crippen LogP contribution in [0.1, 0.15) is 26.7 Å². The average molecular weight is 375 g/mol. The highest BCUT2D eigenvalue weighted by Crippen LogP contribution is 2.41. The Morgan fingerprint density at radius 2 is 1.92 bits per heavy atom. The molecule has 26 heavy (non-hydrogen) atoms.